The molecule has 0 aliphatic rings. The van der Waals surface area contributed by atoms with Gasteiger partial charge in [0.2, 0.25) is 0 Å². The van der Waals surface area contributed by atoms with Crippen molar-refractivity contribution in [3.63, 3.8) is 0 Å². The second kappa shape index (κ2) is 12.1. The Labute approximate surface area is 299 Å². The summed E-state index contributed by atoms with van der Waals surface area (Å²) in [6.45, 7) is 0. The van der Waals surface area contributed by atoms with Crippen molar-refractivity contribution in [1.29, 1.82) is 0 Å². The van der Waals surface area contributed by atoms with Gasteiger partial charge >= 0.3 is 0 Å². The minimum atomic E-state index is 0.858. The zero-order valence-corrected chi connectivity index (χ0v) is 28.3. The highest BCUT2D eigenvalue weighted by Crippen LogP contribution is 2.46. The number of hydrogen-bond donors (Lipinski definition) is 0. The maximum atomic E-state index is 6.50. The van der Waals surface area contributed by atoms with E-state index in [4.69, 9.17) is 9.40 Å². The first-order valence-electron chi connectivity index (χ1n) is 17.1. The number of fused-ring (bicyclic) bond motifs is 6. The lowest BCUT2D eigenvalue weighted by Gasteiger charge is -2.28. The van der Waals surface area contributed by atoms with Crippen LogP contribution in [0.15, 0.2) is 186 Å². The predicted molar refractivity (Wildman–Crippen MR) is 215 cm³/mol. The fraction of sp³-hybridized carbons (Fsp3) is 0. The van der Waals surface area contributed by atoms with Gasteiger partial charge in [-0.3, -0.25) is 0 Å². The third-order valence-corrected chi connectivity index (χ3v) is 10.8. The predicted octanol–water partition coefficient (Wildman–Crippen LogP) is 13.8. The van der Waals surface area contributed by atoms with Gasteiger partial charge in [0.25, 0.3) is 0 Å². The second-order valence-corrected chi connectivity index (χ2v) is 13.8. The van der Waals surface area contributed by atoms with Crippen LogP contribution in [-0.2, 0) is 0 Å². The van der Waals surface area contributed by atoms with Crippen LogP contribution in [0.4, 0.5) is 17.1 Å². The second-order valence-electron chi connectivity index (χ2n) is 12.8. The van der Waals surface area contributed by atoms with Crippen LogP contribution in [0.1, 0.15) is 0 Å². The Morgan fingerprint density at radius 3 is 1.78 bits per heavy atom. The Morgan fingerprint density at radius 1 is 0.471 bits per heavy atom. The van der Waals surface area contributed by atoms with E-state index in [9.17, 15) is 0 Å². The summed E-state index contributed by atoms with van der Waals surface area (Å²) in [5, 5.41) is 5.58. The highest BCUT2D eigenvalue weighted by Gasteiger charge is 2.21. The van der Waals surface area contributed by atoms with Crippen molar-refractivity contribution in [2.75, 3.05) is 4.90 Å². The summed E-state index contributed by atoms with van der Waals surface area (Å²) in [5.74, 6) is 0. The van der Waals surface area contributed by atoms with Gasteiger partial charge in [0.15, 0.2) is 0 Å². The van der Waals surface area contributed by atoms with Gasteiger partial charge in [-0.25, -0.2) is 4.98 Å². The molecule has 10 rings (SSSR count). The zero-order chi connectivity index (χ0) is 33.7. The molecular weight excluding hydrogens is 641 g/mol. The maximum absolute atomic E-state index is 6.50. The molecule has 0 amide bonds. The third-order valence-electron chi connectivity index (χ3n) is 9.67. The smallest absolute Gasteiger partial charge is 0.137 e. The summed E-state index contributed by atoms with van der Waals surface area (Å²) >= 11 is 1.72. The lowest BCUT2D eigenvalue weighted by molar-refractivity contribution is 0.669. The maximum Gasteiger partial charge on any atom is 0.137 e. The molecule has 0 spiro atoms. The number of furan rings is 1. The van der Waals surface area contributed by atoms with Crippen molar-refractivity contribution in [3.05, 3.63) is 182 Å². The van der Waals surface area contributed by atoms with E-state index in [1.165, 1.54) is 27.5 Å². The molecule has 0 aliphatic heterocycles. The zero-order valence-electron chi connectivity index (χ0n) is 27.5. The van der Waals surface area contributed by atoms with Gasteiger partial charge in [0.1, 0.15) is 16.2 Å². The van der Waals surface area contributed by atoms with Crippen LogP contribution in [0.5, 0.6) is 0 Å². The molecule has 0 saturated heterocycles. The van der Waals surface area contributed by atoms with Gasteiger partial charge < -0.3 is 9.32 Å². The normalized spacial score (nSPS) is 11.5. The van der Waals surface area contributed by atoms with Gasteiger partial charge in [0, 0.05) is 33.3 Å². The molecule has 10 aromatic rings. The highest BCUT2D eigenvalue weighted by molar-refractivity contribution is 7.22. The summed E-state index contributed by atoms with van der Waals surface area (Å²) in [6.07, 6.45) is 0. The molecule has 240 valence electrons. The monoisotopic (exact) mass is 670 g/mol. The molecule has 0 aliphatic carbocycles. The van der Waals surface area contributed by atoms with E-state index in [2.05, 4.69) is 181 Å². The Hall–Kier alpha value is -6.49. The van der Waals surface area contributed by atoms with E-state index in [0.29, 0.717) is 0 Å². The lowest BCUT2D eigenvalue weighted by Crippen LogP contribution is -2.11. The van der Waals surface area contributed by atoms with Gasteiger partial charge in [-0.15, -0.1) is 11.3 Å². The molecule has 4 heteroatoms. The topological polar surface area (TPSA) is 29.3 Å². The molecule has 0 fully saturated rings. The number of hydrogen-bond acceptors (Lipinski definition) is 4. The molecule has 0 bridgehead atoms. The van der Waals surface area contributed by atoms with E-state index in [1.54, 1.807) is 11.3 Å². The van der Waals surface area contributed by atoms with Gasteiger partial charge in [0.05, 0.1) is 15.9 Å². The lowest BCUT2D eigenvalue weighted by atomic mass is 9.97. The van der Waals surface area contributed by atoms with Crippen LogP contribution < -0.4 is 4.90 Å². The molecule has 0 radical (unpaired) electrons. The fourth-order valence-corrected chi connectivity index (χ4v) is 8.32. The van der Waals surface area contributed by atoms with E-state index < -0.39 is 0 Å². The van der Waals surface area contributed by atoms with Crippen molar-refractivity contribution >= 4 is 71.3 Å². The molecule has 2 heterocycles. The molecular formula is C47H30N2OS. The Balaban J connectivity index is 1.22. The molecule has 0 atom stereocenters. The fourth-order valence-electron chi connectivity index (χ4n) is 7.20. The number of nitrogens with zero attached hydrogens (tertiary/aromatic N) is 2. The van der Waals surface area contributed by atoms with Gasteiger partial charge in [-0.1, -0.05) is 127 Å². The third kappa shape index (κ3) is 5.16. The molecule has 0 unspecified atom stereocenters. The molecule has 0 N–H and O–H groups in total. The SMILES string of the molecule is c1ccc(-c2ccc(N(c3ccc4oc5ccc6nc(-c7ccccc7)sc6c5c4c3)c3cc4ccccc4cc3-c3ccccc3)cc2)cc1. The van der Waals surface area contributed by atoms with E-state index in [0.717, 1.165) is 65.4 Å². The summed E-state index contributed by atoms with van der Waals surface area (Å²) in [6, 6.07) is 64.5. The summed E-state index contributed by atoms with van der Waals surface area (Å²) in [4.78, 5) is 7.44. The first-order valence-corrected chi connectivity index (χ1v) is 17.9. The Bertz CT molecular complexity index is 2840. The molecule has 3 nitrogen and oxygen atoms in total. The number of thiazole rings is 1. The van der Waals surface area contributed by atoms with Gasteiger partial charge in [-0.2, -0.15) is 0 Å². The molecule has 51 heavy (non-hydrogen) atoms. The summed E-state index contributed by atoms with van der Waals surface area (Å²) in [5.41, 5.74) is 11.8. The van der Waals surface area contributed by atoms with Crippen LogP contribution in [0, 0.1) is 0 Å². The largest absolute Gasteiger partial charge is 0.456 e. The van der Waals surface area contributed by atoms with Crippen LogP contribution in [0.25, 0.3) is 75.8 Å². The molecule has 2 aromatic heterocycles. The highest BCUT2D eigenvalue weighted by atomic mass is 32.1. The number of rotatable bonds is 6. The Kier molecular flexibility index (Phi) is 7.00. The quantitative estimate of drug-likeness (QED) is 0.176. The molecule has 0 saturated carbocycles. The average Bonchev–Trinajstić information content (AvgIpc) is 3.81. The first kappa shape index (κ1) is 29.4. The van der Waals surface area contributed by atoms with Crippen molar-refractivity contribution in [3.8, 4) is 32.8 Å². The molecule has 8 aromatic carbocycles. The van der Waals surface area contributed by atoms with E-state index in [1.807, 2.05) is 6.07 Å². The van der Waals surface area contributed by atoms with Crippen molar-refractivity contribution in [2.24, 2.45) is 0 Å². The number of anilines is 3. The summed E-state index contributed by atoms with van der Waals surface area (Å²) in [7, 11) is 0. The number of benzene rings is 8. The van der Waals surface area contributed by atoms with Crippen LogP contribution in [0.2, 0.25) is 0 Å². The standard InChI is InChI=1S/C47H30N2OS/c1-4-12-31(13-5-1)32-20-22-37(23-21-32)49(42-29-36-19-11-10-18-35(36)28-39(42)33-14-6-2-7-15-33)38-24-26-43-40(30-38)45-44(50-43)27-25-41-46(45)51-47(48-41)34-16-8-3-9-17-34/h1-30H. The van der Waals surface area contributed by atoms with E-state index in [-0.39, 0.29) is 0 Å². The van der Waals surface area contributed by atoms with Gasteiger partial charge in [-0.05, 0) is 82.1 Å². The van der Waals surface area contributed by atoms with Crippen molar-refractivity contribution < 1.29 is 4.42 Å². The van der Waals surface area contributed by atoms with Crippen LogP contribution in [-0.4, -0.2) is 4.98 Å². The minimum absolute atomic E-state index is 0.858. The first-order chi connectivity index (χ1) is 25.3. The Morgan fingerprint density at radius 2 is 1.06 bits per heavy atom. The van der Waals surface area contributed by atoms with Crippen LogP contribution >= 0.6 is 11.3 Å². The van der Waals surface area contributed by atoms with Crippen LogP contribution in [0.3, 0.4) is 0 Å². The number of aromatic nitrogens is 1. The summed E-state index contributed by atoms with van der Waals surface area (Å²) < 4.78 is 7.63. The van der Waals surface area contributed by atoms with Crippen molar-refractivity contribution in [1.82, 2.24) is 4.98 Å². The van der Waals surface area contributed by atoms with E-state index >= 15 is 0 Å². The minimum Gasteiger partial charge on any atom is -0.456 e. The average molecular weight is 671 g/mol. The van der Waals surface area contributed by atoms with Crippen molar-refractivity contribution in [2.45, 2.75) is 0 Å².